The fraction of sp³-hybridized carbons (Fsp3) is 0.556. The van der Waals surface area contributed by atoms with Gasteiger partial charge in [-0.2, -0.15) is 0 Å². The van der Waals surface area contributed by atoms with E-state index in [1.54, 1.807) is 0 Å². The van der Waals surface area contributed by atoms with Gasteiger partial charge in [0.1, 0.15) is 5.92 Å². The molecule has 2 aliphatic rings. The van der Waals surface area contributed by atoms with Crippen LogP contribution in [0.15, 0.2) is 30.3 Å². The monoisotopic (exact) mass is 315 g/mol. The van der Waals surface area contributed by atoms with Gasteiger partial charge in [0.15, 0.2) is 0 Å². The molecule has 3 rings (SSSR count). The molecule has 0 spiro atoms. The van der Waals surface area contributed by atoms with E-state index < -0.39 is 5.92 Å². The average molecular weight is 315 g/mol. The highest BCUT2D eigenvalue weighted by atomic mass is 16.2. The Hall–Kier alpha value is -1.88. The molecule has 0 radical (unpaired) electrons. The number of nitrogens with one attached hydrogen (secondary N) is 1. The molecule has 0 aromatic heterocycles. The molecular formula is C18H25N3O2. The lowest BCUT2D eigenvalue weighted by Gasteiger charge is -2.30. The van der Waals surface area contributed by atoms with E-state index >= 15 is 0 Å². The molecule has 0 bridgehead atoms. The lowest BCUT2D eigenvalue weighted by molar-refractivity contribution is -0.141. The van der Waals surface area contributed by atoms with Crippen LogP contribution in [0.25, 0.3) is 0 Å². The molecule has 2 amide bonds. The first-order valence-electron chi connectivity index (χ1n) is 8.49. The van der Waals surface area contributed by atoms with Crippen LogP contribution in [0.4, 0.5) is 0 Å². The summed E-state index contributed by atoms with van der Waals surface area (Å²) in [6, 6.07) is 10.6. The van der Waals surface area contributed by atoms with Crippen LogP contribution < -0.4 is 5.32 Å². The topological polar surface area (TPSA) is 52.6 Å². The maximum atomic E-state index is 12.7. The Morgan fingerprint density at radius 3 is 2.74 bits per heavy atom. The molecule has 124 valence electrons. The van der Waals surface area contributed by atoms with Crippen molar-refractivity contribution in [3.8, 4) is 0 Å². The van der Waals surface area contributed by atoms with Gasteiger partial charge in [0, 0.05) is 38.8 Å². The summed E-state index contributed by atoms with van der Waals surface area (Å²) in [5.74, 6) is -0.570. The Morgan fingerprint density at radius 1 is 1.26 bits per heavy atom. The highest BCUT2D eigenvalue weighted by molar-refractivity contribution is 6.01. The van der Waals surface area contributed by atoms with Crippen LogP contribution in [-0.4, -0.2) is 53.8 Å². The number of carbonyl (C=O) groups is 2. The number of hydrogen-bond donors (Lipinski definition) is 1. The van der Waals surface area contributed by atoms with Crippen molar-refractivity contribution in [2.75, 3.05) is 26.2 Å². The molecule has 0 saturated carbocycles. The van der Waals surface area contributed by atoms with Crippen molar-refractivity contribution in [1.29, 1.82) is 0 Å². The van der Waals surface area contributed by atoms with Crippen LogP contribution in [0.5, 0.6) is 0 Å². The van der Waals surface area contributed by atoms with Gasteiger partial charge in [-0.05, 0) is 25.3 Å². The summed E-state index contributed by atoms with van der Waals surface area (Å²) < 4.78 is 0. The molecule has 1 aromatic carbocycles. The minimum absolute atomic E-state index is 0.00839. The van der Waals surface area contributed by atoms with Crippen molar-refractivity contribution in [3.05, 3.63) is 35.9 Å². The Labute approximate surface area is 137 Å². The Kier molecular flexibility index (Phi) is 4.96. The molecule has 1 aromatic rings. The van der Waals surface area contributed by atoms with Crippen molar-refractivity contribution in [1.82, 2.24) is 15.1 Å². The third kappa shape index (κ3) is 3.72. The molecule has 5 nitrogen and oxygen atoms in total. The number of hydrogen-bond acceptors (Lipinski definition) is 3. The van der Waals surface area contributed by atoms with Crippen molar-refractivity contribution < 1.29 is 9.59 Å². The maximum absolute atomic E-state index is 12.7. The summed E-state index contributed by atoms with van der Waals surface area (Å²) in [5.41, 5.74) is 1.30. The van der Waals surface area contributed by atoms with Gasteiger partial charge in [0.2, 0.25) is 11.8 Å². The summed E-state index contributed by atoms with van der Waals surface area (Å²) >= 11 is 0. The molecule has 2 aliphatic heterocycles. The highest BCUT2D eigenvalue weighted by Gasteiger charge is 2.36. The zero-order valence-corrected chi connectivity index (χ0v) is 13.7. The average Bonchev–Trinajstić information content (AvgIpc) is 2.89. The van der Waals surface area contributed by atoms with Crippen LogP contribution in [0.3, 0.4) is 0 Å². The largest absolute Gasteiger partial charge is 0.355 e. The van der Waals surface area contributed by atoms with E-state index in [2.05, 4.69) is 41.4 Å². The van der Waals surface area contributed by atoms with E-state index in [9.17, 15) is 9.59 Å². The second-order valence-electron chi connectivity index (χ2n) is 6.59. The van der Waals surface area contributed by atoms with E-state index in [1.807, 2.05) is 11.0 Å². The van der Waals surface area contributed by atoms with E-state index in [0.29, 0.717) is 13.0 Å². The molecule has 2 atom stereocenters. The van der Waals surface area contributed by atoms with Crippen LogP contribution >= 0.6 is 0 Å². The molecule has 1 N–H and O–H groups in total. The molecule has 23 heavy (non-hydrogen) atoms. The first-order chi connectivity index (χ1) is 11.1. The predicted octanol–water partition coefficient (Wildman–Crippen LogP) is 1.25. The lowest BCUT2D eigenvalue weighted by Crippen LogP contribution is -2.46. The van der Waals surface area contributed by atoms with Crippen LogP contribution in [0.2, 0.25) is 0 Å². The summed E-state index contributed by atoms with van der Waals surface area (Å²) in [6.07, 6.45) is 1.59. The van der Waals surface area contributed by atoms with Gasteiger partial charge in [0.25, 0.3) is 0 Å². The lowest BCUT2D eigenvalue weighted by atomic mass is 10.1. The predicted molar refractivity (Wildman–Crippen MR) is 88.6 cm³/mol. The van der Waals surface area contributed by atoms with Gasteiger partial charge in [-0.3, -0.25) is 14.5 Å². The van der Waals surface area contributed by atoms with Crippen molar-refractivity contribution in [3.63, 3.8) is 0 Å². The Morgan fingerprint density at radius 2 is 2.04 bits per heavy atom. The number of rotatable bonds is 3. The molecule has 0 aliphatic carbocycles. The summed E-state index contributed by atoms with van der Waals surface area (Å²) in [6.45, 7) is 6.21. The van der Waals surface area contributed by atoms with Gasteiger partial charge in [-0.25, -0.2) is 0 Å². The number of benzene rings is 1. The fourth-order valence-corrected chi connectivity index (χ4v) is 3.59. The van der Waals surface area contributed by atoms with Gasteiger partial charge < -0.3 is 10.2 Å². The quantitative estimate of drug-likeness (QED) is 0.854. The van der Waals surface area contributed by atoms with E-state index in [0.717, 1.165) is 32.6 Å². The highest BCUT2D eigenvalue weighted by Crippen LogP contribution is 2.19. The molecule has 2 unspecified atom stereocenters. The standard InChI is InChI=1S/C18H25N3O2/c1-14-12-20(13-15-6-3-2-4-7-15)10-5-11-21(14)18(23)16-8-9-19-17(16)22/h2-4,6-7,14,16H,5,8-13H2,1H3,(H,19,22). The van der Waals surface area contributed by atoms with Crippen LogP contribution in [0.1, 0.15) is 25.3 Å². The number of nitrogens with zero attached hydrogens (tertiary/aromatic N) is 2. The van der Waals surface area contributed by atoms with Gasteiger partial charge in [-0.1, -0.05) is 30.3 Å². The number of amides is 2. The van der Waals surface area contributed by atoms with Gasteiger partial charge >= 0.3 is 0 Å². The van der Waals surface area contributed by atoms with E-state index in [-0.39, 0.29) is 17.9 Å². The first-order valence-corrected chi connectivity index (χ1v) is 8.49. The first kappa shape index (κ1) is 16.0. The minimum atomic E-state index is -0.474. The van der Waals surface area contributed by atoms with E-state index in [1.165, 1.54) is 5.56 Å². The summed E-state index contributed by atoms with van der Waals surface area (Å²) in [5, 5.41) is 2.76. The van der Waals surface area contributed by atoms with Crippen LogP contribution in [-0.2, 0) is 16.1 Å². The van der Waals surface area contributed by atoms with Gasteiger partial charge in [-0.15, -0.1) is 0 Å². The summed E-state index contributed by atoms with van der Waals surface area (Å²) in [4.78, 5) is 28.8. The SMILES string of the molecule is CC1CN(Cc2ccccc2)CCCN1C(=O)C1CCNC1=O. The maximum Gasteiger partial charge on any atom is 0.235 e. The molecule has 2 heterocycles. The molecule has 2 saturated heterocycles. The normalized spacial score (nSPS) is 26.0. The van der Waals surface area contributed by atoms with Gasteiger partial charge in [0.05, 0.1) is 0 Å². The second kappa shape index (κ2) is 7.13. The second-order valence-corrected chi connectivity index (χ2v) is 6.59. The fourth-order valence-electron chi connectivity index (χ4n) is 3.59. The van der Waals surface area contributed by atoms with Crippen molar-refractivity contribution in [2.24, 2.45) is 5.92 Å². The van der Waals surface area contributed by atoms with Crippen molar-refractivity contribution in [2.45, 2.75) is 32.4 Å². The van der Waals surface area contributed by atoms with E-state index in [4.69, 9.17) is 0 Å². The minimum Gasteiger partial charge on any atom is -0.355 e. The third-order valence-corrected chi connectivity index (χ3v) is 4.81. The zero-order chi connectivity index (χ0) is 16.2. The Bertz CT molecular complexity index is 561. The third-order valence-electron chi connectivity index (χ3n) is 4.81. The number of carbonyl (C=O) groups excluding carboxylic acids is 2. The smallest absolute Gasteiger partial charge is 0.235 e. The van der Waals surface area contributed by atoms with Crippen molar-refractivity contribution >= 4 is 11.8 Å². The zero-order valence-electron chi connectivity index (χ0n) is 13.7. The van der Waals surface area contributed by atoms with Crippen LogP contribution in [0, 0.1) is 5.92 Å². The molecule has 2 fully saturated rings. The summed E-state index contributed by atoms with van der Waals surface area (Å²) in [7, 11) is 0. The molecular weight excluding hydrogens is 290 g/mol. The Balaban J connectivity index is 1.63. The molecule has 5 heteroatoms.